The number of ether oxygens (including phenoxy) is 1. The Morgan fingerprint density at radius 2 is 2.29 bits per heavy atom. The highest BCUT2D eigenvalue weighted by Gasteiger charge is 2.23. The molecule has 1 heterocycles. The fourth-order valence-electron chi connectivity index (χ4n) is 1.15. The van der Waals surface area contributed by atoms with Gasteiger partial charge in [-0.1, -0.05) is 0 Å². The Bertz CT molecular complexity index is 302. The highest BCUT2D eigenvalue weighted by atomic mass is 19.1. The van der Waals surface area contributed by atoms with Gasteiger partial charge in [0.2, 0.25) is 0 Å². The third kappa shape index (κ3) is 2.75. The molecule has 1 aromatic heterocycles. The number of halogens is 1. The minimum Gasteiger partial charge on any atom is -0.385 e. The van der Waals surface area contributed by atoms with Crippen LogP contribution in [0.15, 0.2) is 18.5 Å². The summed E-state index contributed by atoms with van der Waals surface area (Å²) >= 11 is 0. The predicted octanol–water partition coefficient (Wildman–Crippen LogP) is 1.46. The zero-order valence-corrected chi connectivity index (χ0v) is 8.33. The third-order valence-corrected chi connectivity index (χ3v) is 2.12. The molecule has 0 spiro atoms. The van der Waals surface area contributed by atoms with E-state index in [1.807, 2.05) is 0 Å². The van der Waals surface area contributed by atoms with Crippen molar-refractivity contribution in [2.45, 2.75) is 18.9 Å². The Labute approximate surface area is 82.5 Å². The van der Waals surface area contributed by atoms with Crippen LogP contribution >= 0.6 is 0 Å². The second-order valence-electron chi connectivity index (χ2n) is 3.41. The van der Waals surface area contributed by atoms with Gasteiger partial charge in [0, 0.05) is 31.9 Å². The third-order valence-electron chi connectivity index (χ3n) is 2.12. The van der Waals surface area contributed by atoms with E-state index in [4.69, 9.17) is 4.74 Å². The van der Waals surface area contributed by atoms with Crippen LogP contribution in [0.2, 0.25) is 0 Å². The van der Waals surface area contributed by atoms with Crippen molar-refractivity contribution in [1.29, 1.82) is 0 Å². The minimum atomic E-state index is -1.09. The Kier molecular flexibility index (Phi) is 3.55. The number of aliphatic hydroxyl groups is 1. The summed E-state index contributed by atoms with van der Waals surface area (Å²) in [7, 11) is 1.56. The topological polar surface area (TPSA) is 42.4 Å². The lowest BCUT2D eigenvalue weighted by atomic mass is 9.94. The van der Waals surface area contributed by atoms with Crippen LogP contribution in [0.1, 0.15) is 18.9 Å². The van der Waals surface area contributed by atoms with E-state index in [0.29, 0.717) is 18.6 Å². The van der Waals surface area contributed by atoms with Gasteiger partial charge in [-0.2, -0.15) is 0 Å². The molecule has 0 aromatic carbocycles. The zero-order chi connectivity index (χ0) is 10.6. The normalized spacial score (nSPS) is 15.1. The van der Waals surface area contributed by atoms with Crippen LogP contribution < -0.4 is 0 Å². The first-order valence-electron chi connectivity index (χ1n) is 4.38. The Morgan fingerprint density at radius 3 is 2.86 bits per heavy atom. The molecule has 1 unspecified atom stereocenters. The maximum Gasteiger partial charge on any atom is 0.141 e. The summed E-state index contributed by atoms with van der Waals surface area (Å²) in [5.41, 5.74) is -0.625. The first kappa shape index (κ1) is 11.1. The van der Waals surface area contributed by atoms with E-state index < -0.39 is 11.4 Å². The Balaban J connectivity index is 2.80. The summed E-state index contributed by atoms with van der Waals surface area (Å²) in [4.78, 5) is 3.68. The van der Waals surface area contributed by atoms with Gasteiger partial charge in [-0.05, 0) is 13.0 Å². The summed E-state index contributed by atoms with van der Waals surface area (Å²) < 4.78 is 17.7. The van der Waals surface area contributed by atoms with Crippen LogP contribution in [0.3, 0.4) is 0 Å². The van der Waals surface area contributed by atoms with E-state index in [-0.39, 0.29) is 0 Å². The number of hydrogen-bond donors (Lipinski definition) is 1. The highest BCUT2D eigenvalue weighted by molar-refractivity contribution is 5.17. The number of rotatable bonds is 4. The zero-order valence-electron chi connectivity index (χ0n) is 8.33. The lowest BCUT2D eigenvalue weighted by Gasteiger charge is -2.22. The summed E-state index contributed by atoms with van der Waals surface area (Å²) in [6.07, 6.45) is 2.98. The smallest absolute Gasteiger partial charge is 0.141 e. The van der Waals surface area contributed by atoms with Crippen LogP contribution in [0.4, 0.5) is 4.39 Å². The van der Waals surface area contributed by atoms with Crippen LogP contribution in [-0.2, 0) is 10.3 Å². The molecule has 0 saturated heterocycles. The fraction of sp³-hybridized carbons (Fsp3) is 0.500. The van der Waals surface area contributed by atoms with Crippen molar-refractivity contribution < 1.29 is 14.2 Å². The fourth-order valence-corrected chi connectivity index (χ4v) is 1.15. The maximum atomic E-state index is 12.8. The summed E-state index contributed by atoms with van der Waals surface area (Å²) in [6, 6.07) is 1.28. The monoisotopic (exact) mass is 199 g/mol. The number of hydrogen-bond acceptors (Lipinski definition) is 3. The van der Waals surface area contributed by atoms with Gasteiger partial charge in [-0.25, -0.2) is 4.39 Å². The number of pyridine rings is 1. The summed E-state index contributed by atoms with van der Waals surface area (Å²) in [5.74, 6) is -0.444. The van der Waals surface area contributed by atoms with Gasteiger partial charge >= 0.3 is 0 Å². The summed E-state index contributed by atoms with van der Waals surface area (Å²) in [5, 5.41) is 9.95. The molecule has 3 nitrogen and oxygen atoms in total. The largest absolute Gasteiger partial charge is 0.385 e. The Morgan fingerprint density at radius 1 is 1.57 bits per heavy atom. The lowest BCUT2D eigenvalue weighted by molar-refractivity contribution is 0.0205. The molecular formula is C10H14FNO2. The van der Waals surface area contributed by atoms with Crippen molar-refractivity contribution >= 4 is 0 Å². The van der Waals surface area contributed by atoms with E-state index in [9.17, 15) is 9.50 Å². The van der Waals surface area contributed by atoms with Crippen LogP contribution in [0.5, 0.6) is 0 Å². The molecule has 0 bridgehead atoms. The average molecular weight is 199 g/mol. The molecule has 0 saturated carbocycles. The van der Waals surface area contributed by atoms with Gasteiger partial charge < -0.3 is 9.84 Å². The maximum absolute atomic E-state index is 12.8. The van der Waals surface area contributed by atoms with Gasteiger partial charge in [0.1, 0.15) is 5.82 Å². The van der Waals surface area contributed by atoms with E-state index in [1.54, 1.807) is 14.0 Å². The predicted molar refractivity (Wildman–Crippen MR) is 50.3 cm³/mol. The van der Waals surface area contributed by atoms with Crippen molar-refractivity contribution in [2.24, 2.45) is 0 Å². The molecule has 0 amide bonds. The molecule has 1 atom stereocenters. The van der Waals surface area contributed by atoms with E-state index in [0.717, 1.165) is 6.20 Å². The molecule has 0 radical (unpaired) electrons. The van der Waals surface area contributed by atoms with Crippen molar-refractivity contribution in [3.8, 4) is 0 Å². The van der Waals surface area contributed by atoms with E-state index in [1.165, 1.54) is 12.3 Å². The van der Waals surface area contributed by atoms with Gasteiger partial charge in [0.15, 0.2) is 0 Å². The first-order chi connectivity index (χ1) is 6.56. The van der Waals surface area contributed by atoms with Crippen molar-refractivity contribution in [1.82, 2.24) is 4.98 Å². The van der Waals surface area contributed by atoms with Gasteiger partial charge in [0.25, 0.3) is 0 Å². The van der Waals surface area contributed by atoms with Crippen molar-refractivity contribution in [3.63, 3.8) is 0 Å². The number of aromatic nitrogens is 1. The van der Waals surface area contributed by atoms with E-state index in [2.05, 4.69) is 4.98 Å². The molecule has 1 rings (SSSR count). The molecule has 1 aromatic rings. The average Bonchev–Trinajstić information content (AvgIpc) is 2.15. The molecule has 0 aliphatic heterocycles. The summed E-state index contributed by atoms with van der Waals surface area (Å²) in [6.45, 7) is 2.03. The standard InChI is InChI=1S/C10H14FNO2/c1-10(13,3-4-14-2)8-5-9(11)7-12-6-8/h5-7,13H,3-4H2,1-2H3. The molecule has 1 N–H and O–H groups in total. The SMILES string of the molecule is COCCC(C)(O)c1cncc(F)c1. The van der Waals surface area contributed by atoms with Gasteiger partial charge in [-0.3, -0.25) is 4.98 Å². The first-order valence-corrected chi connectivity index (χ1v) is 4.38. The van der Waals surface area contributed by atoms with Crippen molar-refractivity contribution in [2.75, 3.05) is 13.7 Å². The van der Waals surface area contributed by atoms with Crippen LogP contribution in [-0.4, -0.2) is 23.8 Å². The van der Waals surface area contributed by atoms with Gasteiger partial charge in [0.05, 0.1) is 11.8 Å². The van der Waals surface area contributed by atoms with Crippen LogP contribution in [0, 0.1) is 5.82 Å². The second-order valence-corrected chi connectivity index (χ2v) is 3.41. The quantitative estimate of drug-likeness (QED) is 0.798. The lowest BCUT2D eigenvalue weighted by Crippen LogP contribution is -2.23. The molecule has 14 heavy (non-hydrogen) atoms. The van der Waals surface area contributed by atoms with Gasteiger partial charge in [-0.15, -0.1) is 0 Å². The molecule has 4 heteroatoms. The molecule has 0 fully saturated rings. The second kappa shape index (κ2) is 4.48. The number of nitrogens with zero attached hydrogens (tertiary/aromatic N) is 1. The minimum absolute atomic E-state index is 0.411. The van der Waals surface area contributed by atoms with Crippen molar-refractivity contribution in [3.05, 3.63) is 29.8 Å². The highest BCUT2D eigenvalue weighted by Crippen LogP contribution is 2.23. The molecule has 78 valence electrons. The molecule has 0 aliphatic rings. The molecule has 0 aliphatic carbocycles. The number of methoxy groups -OCH3 is 1. The van der Waals surface area contributed by atoms with E-state index >= 15 is 0 Å². The Hall–Kier alpha value is -1.00. The van der Waals surface area contributed by atoms with Crippen LogP contribution in [0.25, 0.3) is 0 Å². The molecular weight excluding hydrogens is 185 g/mol.